The maximum atomic E-state index is 6.26. The first-order valence-electron chi connectivity index (χ1n) is 6.22. The van der Waals surface area contributed by atoms with Crippen LogP contribution in [0.2, 0.25) is 0 Å². The summed E-state index contributed by atoms with van der Waals surface area (Å²) in [4.78, 5) is 4.61. The van der Waals surface area contributed by atoms with Gasteiger partial charge in [0, 0.05) is 5.56 Å². The fourth-order valence-electron chi connectivity index (χ4n) is 2.75. The number of hydrogen-bond donors (Lipinski definition) is 1. The topological polar surface area (TPSA) is 68.7 Å². The summed E-state index contributed by atoms with van der Waals surface area (Å²) in [6.45, 7) is 2.63. The highest BCUT2D eigenvalue weighted by Gasteiger charge is 2.47. The molecule has 1 aliphatic heterocycles. The molecule has 0 aromatic carbocycles. The molecular weight excluding hydrogens is 230 g/mol. The number of nitrogens with two attached hydrogens (primary N) is 1. The molecule has 18 heavy (non-hydrogen) atoms. The van der Waals surface area contributed by atoms with Gasteiger partial charge in [-0.15, -0.1) is 0 Å². The second-order valence-electron chi connectivity index (χ2n) is 5.26. The van der Waals surface area contributed by atoms with E-state index in [-0.39, 0.29) is 5.54 Å². The van der Waals surface area contributed by atoms with Crippen LogP contribution in [0.15, 0.2) is 12.4 Å². The minimum absolute atomic E-state index is 0.0354. The monoisotopic (exact) mass is 245 g/mol. The Hall–Kier alpha value is -1.82. The molecule has 1 fully saturated rings. The van der Waals surface area contributed by atoms with Gasteiger partial charge in [-0.25, -0.2) is 15.3 Å². The van der Waals surface area contributed by atoms with Crippen LogP contribution < -0.4 is 15.6 Å². The number of aryl methyl sites for hydroxylation is 1. The van der Waals surface area contributed by atoms with Crippen LogP contribution in [0.25, 0.3) is 5.65 Å². The van der Waals surface area contributed by atoms with E-state index in [0.717, 1.165) is 29.9 Å². The van der Waals surface area contributed by atoms with Crippen LogP contribution >= 0.6 is 0 Å². The van der Waals surface area contributed by atoms with E-state index in [4.69, 9.17) is 10.6 Å². The van der Waals surface area contributed by atoms with Crippen LogP contribution in [0.5, 0.6) is 5.75 Å². The first kappa shape index (κ1) is 10.1. The average Bonchev–Trinajstić information content (AvgIpc) is 2.68. The molecule has 2 N–H and O–H groups in total. The molecule has 2 aromatic rings. The third-order valence-electron chi connectivity index (χ3n) is 4.14. The SMILES string of the molecule is Cc1cnn2cc3c(nc12)N(N)C1(CCC1)CO3. The molecule has 2 aromatic heterocycles. The smallest absolute Gasteiger partial charge is 0.190 e. The zero-order chi connectivity index (χ0) is 12.3. The molecule has 0 radical (unpaired) electrons. The van der Waals surface area contributed by atoms with Gasteiger partial charge in [-0.1, -0.05) is 0 Å². The lowest BCUT2D eigenvalue weighted by molar-refractivity contribution is 0.113. The molecule has 0 bridgehead atoms. The molecule has 0 amide bonds. The van der Waals surface area contributed by atoms with E-state index < -0.39 is 0 Å². The normalized spacial score (nSPS) is 20.7. The van der Waals surface area contributed by atoms with Crippen LogP contribution in [-0.2, 0) is 0 Å². The number of hydrogen-bond acceptors (Lipinski definition) is 5. The fraction of sp³-hybridized carbons (Fsp3) is 0.500. The lowest BCUT2D eigenvalue weighted by atomic mass is 9.76. The summed E-state index contributed by atoms with van der Waals surface area (Å²) in [7, 11) is 0. The minimum Gasteiger partial charge on any atom is -0.486 e. The number of anilines is 1. The van der Waals surface area contributed by atoms with Crippen molar-refractivity contribution in [1.82, 2.24) is 14.6 Å². The van der Waals surface area contributed by atoms with E-state index in [1.165, 1.54) is 6.42 Å². The zero-order valence-electron chi connectivity index (χ0n) is 10.3. The van der Waals surface area contributed by atoms with E-state index >= 15 is 0 Å². The van der Waals surface area contributed by atoms with Crippen molar-refractivity contribution in [1.29, 1.82) is 0 Å². The van der Waals surface area contributed by atoms with Gasteiger partial charge in [-0.05, 0) is 26.2 Å². The molecule has 1 saturated carbocycles. The Bertz CT molecular complexity index is 631. The van der Waals surface area contributed by atoms with Gasteiger partial charge >= 0.3 is 0 Å². The highest BCUT2D eigenvalue weighted by Crippen LogP contribution is 2.44. The van der Waals surface area contributed by atoms with Crippen molar-refractivity contribution >= 4 is 11.5 Å². The maximum Gasteiger partial charge on any atom is 0.190 e. The summed E-state index contributed by atoms with van der Waals surface area (Å²) in [6.07, 6.45) is 7.02. The van der Waals surface area contributed by atoms with Crippen LogP contribution in [0.1, 0.15) is 24.8 Å². The summed E-state index contributed by atoms with van der Waals surface area (Å²) in [5.74, 6) is 7.70. The van der Waals surface area contributed by atoms with E-state index in [2.05, 4.69) is 10.1 Å². The van der Waals surface area contributed by atoms with Crippen molar-refractivity contribution in [3.63, 3.8) is 0 Å². The van der Waals surface area contributed by atoms with Gasteiger partial charge < -0.3 is 4.74 Å². The molecule has 1 aliphatic carbocycles. The van der Waals surface area contributed by atoms with Crippen LogP contribution in [0.4, 0.5) is 5.82 Å². The van der Waals surface area contributed by atoms with Gasteiger partial charge in [0.2, 0.25) is 0 Å². The second kappa shape index (κ2) is 3.14. The Morgan fingerprint density at radius 1 is 1.44 bits per heavy atom. The molecule has 0 saturated heterocycles. The van der Waals surface area contributed by atoms with Crippen LogP contribution in [-0.4, -0.2) is 26.7 Å². The average molecular weight is 245 g/mol. The van der Waals surface area contributed by atoms with Gasteiger partial charge in [0.1, 0.15) is 6.61 Å². The first-order valence-corrected chi connectivity index (χ1v) is 6.22. The molecule has 2 aliphatic rings. The van der Waals surface area contributed by atoms with E-state index in [1.807, 2.05) is 18.1 Å². The largest absolute Gasteiger partial charge is 0.486 e. The summed E-state index contributed by atoms with van der Waals surface area (Å²) in [5, 5.41) is 6.04. The zero-order valence-corrected chi connectivity index (χ0v) is 10.3. The van der Waals surface area contributed by atoms with E-state index in [0.29, 0.717) is 12.4 Å². The Kier molecular flexibility index (Phi) is 1.77. The standard InChI is InChI=1S/C12H15N5O/c1-8-5-14-16-6-9-11(15-10(8)16)17(13)12(7-18-9)3-2-4-12/h5-6H,2-4,7,13H2,1H3. The number of nitrogens with zero attached hydrogens (tertiary/aromatic N) is 4. The Labute approximate surface area is 104 Å². The molecule has 1 spiro atoms. The Morgan fingerprint density at radius 3 is 3.00 bits per heavy atom. The summed E-state index contributed by atoms with van der Waals surface area (Å²) < 4.78 is 7.56. The van der Waals surface area contributed by atoms with Gasteiger partial charge in [0.05, 0.1) is 17.9 Å². The summed E-state index contributed by atoms with van der Waals surface area (Å²) in [5.41, 5.74) is 1.84. The molecule has 6 nitrogen and oxygen atoms in total. The molecule has 94 valence electrons. The van der Waals surface area contributed by atoms with Crippen LogP contribution in [0, 0.1) is 6.92 Å². The van der Waals surface area contributed by atoms with Crippen molar-refractivity contribution in [3.05, 3.63) is 18.0 Å². The van der Waals surface area contributed by atoms with Crippen molar-refractivity contribution in [2.75, 3.05) is 11.6 Å². The van der Waals surface area contributed by atoms with Gasteiger partial charge in [0.25, 0.3) is 0 Å². The maximum absolute atomic E-state index is 6.26. The molecular formula is C12H15N5O. The Balaban J connectivity index is 1.90. The first-order chi connectivity index (χ1) is 8.70. The third-order valence-corrected chi connectivity index (χ3v) is 4.14. The van der Waals surface area contributed by atoms with E-state index in [1.54, 1.807) is 10.7 Å². The lowest BCUT2D eigenvalue weighted by Gasteiger charge is -2.50. The number of hydrazine groups is 1. The second-order valence-corrected chi connectivity index (χ2v) is 5.26. The molecule has 4 rings (SSSR count). The molecule has 3 heterocycles. The quantitative estimate of drug-likeness (QED) is 0.702. The Morgan fingerprint density at radius 2 is 2.28 bits per heavy atom. The number of rotatable bonds is 0. The number of fused-ring (bicyclic) bond motifs is 2. The predicted molar refractivity (Wildman–Crippen MR) is 66.5 cm³/mol. The van der Waals surface area contributed by atoms with Crippen LogP contribution in [0.3, 0.4) is 0 Å². The molecule has 0 atom stereocenters. The highest BCUT2D eigenvalue weighted by molar-refractivity contribution is 5.61. The predicted octanol–water partition coefficient (Wildman–Crippen LogP) is 1.03. The van der Waals surface area contributed by atoms with Crippen molar-refractivity contribution in [2.45, 2.75) is 31.7 Å². The number of aromatic nitrogens is 3. The summed E-state index contributed by atoms with van der Waals surface area (Å²) in [6, 6.07) is 0. The van der Waals surface area contributed by atoms with Gasteiger partial charge in [-0.2, -0.15) is 5.10 Å². The van der Waals surface area contributed by atoms with Gasteiger partial charge in [-0.3, -0.25) is 5.01 Å². The summed E-state index contributed by atoms with van der Waals surface area (Å²) >= 11 is 0. The van der Waals surface area contributed by atoms with Crippen molar-refractivity contribution in [3.8, 4) is 5.75 Å². The fourth-order valence-corrected chi connectivity index (χ4v) is 2.75. The minimum atomic E-state index is -0.0354. The highest BCUT2D eigenvalue weighted by atomic mass is 16.5. The molecule has 0 unspecified atom stereocenters. The number of ether oxygens (including phenoxy) is 1. The molecule has 6 heteroatoms. The van der Waals surface area contributed by atoms with Gasteiger partial charge in [0.15, 0.2) is 17.2 Å². The third kappa shape index (κ3) is 1.11. The van der Waals surface area contributed by atoms with E-state index in [9.17, 15) is 0 Å². The van der Waals surface area contributed by atoms with Crippen molar-refractivity contribution in [2.24, 2.45) is 5.84 Å². The van der Waals surface area contributed by atoms with Crippen molar-refractivity contribution < 1.29 is 4.74 Å². The lowest BCUT2D eigenvalue weighted by Crippen LogP contribution is -2.63.